The van der Waals surface area contributed by atoms with Gasteiger partial charge in [0.25, 0.3) is 0 Å². The van der Waals surface area contributed by atoms with Gasteiger partial charge in [-0.25, -0.2) is 0 Å². The molecule has 2 heterocycles. The number of nitrogens with one attached hydrogen (secondary N) is 1. The number of fused-ring (bicyclic) bond motifs is 1. The number of likely N-dealkylation sites (tertiary alicyclic amines) is 1. The number of ether oxygens (including phenoxy) is 1. The second-order valence-corrected chi connectivity index (χ2v) is 6.72. The number of aliphatic hydroxyl groups is 1. The smallest absolute Gasteiger partial charge is 0.190 e. The predicted molar refractivity (Wildman–Crippen MR) is 93.7 cm³/mol. The normalized spacial score (nSPS) is 22.4. The van der Waals surface area contributed by atoms with Crippen molar-refractivity contribution < 1.29 is 9.84 Å². The van der Waals surface area contributed by atoms with Crippen LogP contribution in [0.3, 0.4) is 0 Å². The van der Waals surface area contributed by atoms with E-state index < -0.39 is 0 Å². The number of guanidine groups is 1. The highest BCUT2D eigenvalue weighted by molar-refractivity contribution is 5.75. The maximum absolute atomic E-state index is 9.03. The van der Waals surface area contributed by atoms with Crippen molar-refractivity contribution in [2.75, 3.05) is 39.4 Å². The van der Waals surface area contributed by atoms with Crippen LogP contribution in [-0.2, 0) is 11.2 Å². The number of hydrogen-bond acceptors (Lipinski definition) is 4. The molecule has 24 heavy (non-hydrogen) atoms. The molecule has 1 unspecified atom stereocenters. The van der Waals surface area contributed by atoms with Crippen LogP contribution >= 0.6 is 0 Å². The largest absolute Gasteiger partial charge is 0.395 e. The zero-order chi connectivity index (χ0) is 16.9. The highest BCUT2D eigenvalue weighted by atomic mass is 16.5. The van der Waals surface area contributed by atoms with Gasteiger partial charge in [0, 0.05) is 18.7 Å². The molecule has 6 heteroatoms. The van der Waals surface area contributed by atoms with Crippen molar-refractivity contribution in [1.29, 1.82) is 5.41 Å². The van der Waals surface area contributed by atoms with E-state index in [1.54, 1.807) is 0 Å². The molecule has 1 aromatic rings. The number of nitrogens with two attached hydrogens (primary N) is 1. The van der Waals surface area contributed by atoms with E-state index in [0.717, 1.165) is 51.0 Å². The Morgan fingerprint density at radius 1 is 1.25 bits per heavy atom. The standard InChI is InChI=1S/C18H28N4O2/c19-18(20)22-10-7-15-3-1-2-4-16(15)17(22)24-13-14-5-8-21(9-6-14)11-12-23/h1-4,14,17,23H,5-13H2,(H3,19,20). The van der Waals surface area contributed by atoms with Gasteiger partial charge in [-0.05, 0) is 43.8 Å². The minimum atomic E-state index is -0.247. The average Bonchev–Trinajstić information content (AvgIpc) is 2.61. The van der Waals surface area contributed by atoms with Gasteiger partial charge < -0.3 is 25.4 Å². The van der Waals surface area contributed by atoms with E-state index in [-0.39, 0.29) is 18.8 Å². The number of aliphatic hydroxyl groups excluding tert-OH is 1. The Bertz CT molecular complexity index is 558. The lowest BCUT2D eigenvalue weighted by atomic mass is 9.96. The van der Waals surface area contributed by atoms with Crippen LogP contribution in [-0.4, -0.2) is 60.3 Å². The fourth-order valence-electron chi connectivity index (χ4n) is 3.70. The molecule has 0 bridgehead atoms. The van der Waals surface area contributed by atoms with Gasteiger partial charge in [0.1, 0.15) is 0 Å². The average molecular weight is 332 g/mol. The lowest BCUT2D eigenvalue weighted by Crippen LogP contribution is -2.45. The Morgan fingerprint density at radius 3 is 2.71 bits per heavy atom. The molecule has 1 atom stereocenters. The monoisotopic (exact) mass is 332 g/mol. The van der Waals surface area contributed by atoms with E-state index in [1.165, 1.54) is 5.56 Å². The SMILES string of the molecule is N=C(N)N1CCc2ccccc2C1OCC1CCN(CCO)CC1. The van der Waals surface area contributed by atoms with Crippen molar-refractivity contribution in [3.63, 3.8) is 0 Å². The van der Waals surface area contributed by atoms with Crippen LogP contribution in [0.25, 0.3) is 0 Å². The molecule has 2 aliphatic rings. The zero-order valence-corrected chi connectivity index (χ0v) is 14.2. The van der Waals surface area contributed by atoms with Crippen LogP contribution in [0.15, 0.2) is 24.3 Å². The Morgan fingerprint density at radius 2 is 2.00 bits per heavy atom. The highest BCUT2D eigenvalue weighted by Crippen LogP contribution is 2.31. The summed E-state index contributed by atoms with van der Waals surface area (Å²) in [5.41, 5.74) is 8.20. The summed E-state index contributed by atoms with van der Waals surface area (Å²) in [6.07, 6.45) is 2.83. The number of piperidine rings is 1. The van der Waals surface area contributed by atoms with Gasteiger partial charge in [-0.2, -0.15) is 0 Å². The molecule has 1 aromatic carbocycles. The van der Waals surface area contributed by atoms with Crippen molar-refractivity contribution >= 4 is 5.96 Å². The number of hydrogen-bond donors (Lipinski definition) is 3. The summed E-state index contributed by atoms with van der Waals surface area (Å²) >= 11 is 0. The summed E-state index contributed by atoms with van der Waals surface area (Å²) in [6.45, 7) is 4.45. The van der Waals surface area contributed by atoms with Crippen LogP contribution in [0.4, 0.5) is 0 Å². The third kappa shape index (κ3) is 3.88. The number of β-amino-alcohol motifs (C(OH)–C–C–N with tert-alkyl or cyclic N) is 1. The molecule has 6 nitrogen and oxygen atoms in total. The molecule has 132 valence electrons. The summed E-state index contributed by atoms with van der Waals surface area (Å²) in [4.78, 5) is 4.15. The topological polar surface area (TPSA) is 85.8 Å². The third-order valence-electron chi connectivity index (χ3n) is 5.15. The van der Waals surface area contributed by atoms with Gasteiger partial charge in [-0.15, -0.1) is 0 Å². The summed E-state index contributed by atoms with van der Waals surface area (Å²) in [7, 11) is 0. The Hall–Kier alpha value is -1.63. The van der Waals surface area contributed by atoms with Crippen LogP contribution in [0, 0.1) is 11.3 Å². The van der Waals surface area contributed by atoms with Crippen molar-refractivity contribution in [2.45, 2.75) is 25.5 Å². The third-order valence-corrected chi connectivity index (χ3v) is 5.15. The molecule has 0 radical (unpaired) electrons. The van der Waals surface area contributed by atoms with Gasteiger partial charge in [0.2, 0.25) is 0 Å². The predicted octanol–water partition coefficient (Wildman–Crippen LogP) is 1.16. The summed E-state index contributed by atoms with van der Waals surface area (Å²) in [6, 6.07) is 8.29. The van der Waals surface area contributed by atoms with Crippen molar-refractivity contribution in [2.24, 2.45) is 11.7 Å². The molecule has 2 aliphatic heterocycles. The first-order chi connectivity index (χ1) is 11.7. The second kappa shape index (κ2) is 7.96. The van der Waals surface area contributed by atoms with E-state index in [2.05, 4.69) is 23.1 Å². The van der Waals surface area contributed by atoms with E-state index in [9.17, 15) is 0 Å². The molecule has 0 saturated carbocycles. The first kappa shape index (κ1) is 17.2. The van der Waals surface area contributed by atoms with Crippen LogP contribution < -0.4 is 5.73 Å². The maximum atomic E-state index is 9.03. The molecule has 3 rings (SSSR count). The summed E-state index contributed by atoms with van der Waals surface area (Å²) in [5.74, 6) is 0.607. The van der Waals surface area contributed by atoms with Gasteiger partial charge in [0.05, 0.1) is 13.2 Å². The molecule has 4 N–H and O–H groups in total. The number of nitrogens with zero attached hydrogens (tertiary/aromatic N) is 2. The first-order valence-electron chi connectivity index (χ1n) is 8.82. The highest BCUT2D eigenvalue weighted by Gasteiger charge is 2.30. The molecule has 0 aromatic heterocycles. The van der Waals surface area contributed by atoms with E-state index >= 15 is 0 Å². The van der Waals surface area contributed by atoms with Crippen molar-refractivity contribution in [1.82, 2.24) is 9.80 Å². The first-order valence-corrected chi connectivity index (χ1v) is 8.82. The van der Waals surface area contributed by atoms with Crippen LogP contribution in [0.5, 0.6) is 0 Å². The van der Waals surface area contributed by atoms with Crippen molar-refractivity contribution in [3.05, 3.63) is 35.4 Å². The molecule has 0 amide bonds. The summed E-state index contributed by atoms with van der Waals surface area (Å²) < 4.78 is 6.26. The van der Waals surface area contributed by atoms with E-state index in [4.69, 9.17) is 21.0 Å². The van der Waals surface area contributed by atoms with Gasteiger partial charge in [-0.3, -0.25) is 5.41 Å². The van der Waals surface area contributed by atoms with Gasteiger partial charge >= 0.3 is 0 Å². The van der Waals surface area contributed by atoms with E-state index in [1.807, 2.05) is 11.0 Å². The van der Waals surface area contributed by atoms with Gasteiger partial charge in [0.15, 0.2) is 12.2 Å². The Labute approximate surface area is 143 Å². The molecule has 1 saturated heterocycles. The van der Waals surface area contributed by atoms with E-state index in [0.29, 0.717) is 12.5 Å². The number of rotatable bonds is 5. The Kier molecular flexibility index (Phi) is 5.71. The lowest BCUT2D eigenvalue weighted by molar-refractivity contribution is -0.0578. The van der Waals surface area contributed by atoms with Crippen molar-refractivity contribution in [3.8, 4) is 0 Å². The van der Waals surface area contributed by atoms with Crippen LogP contribution in [0.2, 0.25) is 0 Å². The zero-order valence-electron chi connectivity index (χ0n) is 14.2. The van der Waals surface area contributed by atoms with Crippen LogP contribution in [0.1, 0.15) is 30.2 Å². The minimum absolute atomic E-state index is 0.0762. The molecular formula is C18H28N4O2. The second-order valence-electron chi connectivity index (χ2n) is 6.72. The minimum Gasteiger partial charge on any atom is -0.395 e. The number of benzene rings is 1. The maximum Gasteiger partial charge on any atom is 0.190 e. The quantitative estimate of drug-likeness (QED) is 0.556. The lowest BCUT2D eigenvalue weighted by Gasteiger charge is -2.38. The fourth-order valence-corrected chi connectivity index (χ4v) is 3.70. The molecule has 0 aliphatic carbocycles. The molecular weight excluding hydrogens is 304 g/mol. The molecule has 1 fully saturated rings. The summed E-state index contributed by atoms with van der Waals surface area (Å²) in [5, 5.41) is 16.9. The Balaban J connectivity index is 1.61. The van der Waals surface area contributed by atoms with Gasteiger partial charge in [-0.1, -0.05) is 24.3 Å². The fraction of sp³-hybridized carbons (Fsp3) is 0.611. The molecule has 0 spiro atoms.